The molecule has 0 fully saturated rings. The molecule has 6 heteroatoms. The van der Waals surface area contributed by atoms with Crippen molar-refractivity contribution in [1.82, 2.24) is 4.90 Å². The van der Waals surface area contributed by atoms with Crippen molar-refractivity contribution in [2.45, 2.75) is 25.8 Å². The maximum atomic E-state index is 13.2. The molecule has 1 aliphatic heterocycles. The first kappa shape index (κ1) is 19.7. The number of methoxy groups -OCH3 is 3. The number of hydrogen-bond acceptors (Lipinski definition) is 5. The lowest BCUT2D eigenvalue weighted by atomic mass is 9.89. The van der Waals surface area contributed by atoms with Gasteiger partial charge in [-0.2, -0.15) is 0 Å². The first-order valence-corrected chi connectivity index (χ1v) is 9.17. The molecular weight excluding hydrogens is 358 g/mol. The summed E-state index contributed by atoms with van der Waals surface area (Å²) in [4.78, 5) is 27.0. The number of aryl methyl sites for hydroxylation is 1. The minimum atomic E-state index is -0.426. The van der Waals surface area contributed by atoms with Crippen LogP contribution in [0.4, 0.5) is 0 Å². The van der Waals surface area contributed by atoms with E-state index in [1.165, 1.54) is 7.11 Å². The van der Waals surface area contributed by atoms with Gasteiger partial charge in [0.15, 0.2) is 11.5 Å². The topological polar surface area (TPSA) is 65.1 Å². The minimum Gasteiger partial charge on any atom is -0.493 e. The van der Waals surface area contributed by atoms with Gasteiger partial charge >= 0.3 is 5.97 Å². The lowest BCUT2D eigenvalue weighted by Crippen LogP contribution is -2.41. The van der Waals surface area contributed by atoms with Gasteiger partial charge in [0, 0.05) is 12.1 Å². The molecule has 0 aromatic heterocycles. The van der Waals surface area contributed by atoms with Crippen LogP contribution in [0.15, 0.2) is 36.4 Å². The fourth-order valence-electron chi connectivity index (χ4n) is 3.59. The zero-order valence-corrected chi connectivity index (χ0v) is 16.7. The molecule has 1 amide bonds. The van der Waals surface area contributed by atoms with Crippen molar-refractivity contribution in [3.8, 4) is 11.5 Å². The van der Waals surface area contributed by atoms with Gasteiger partial charge in [-0.05, 0) is 48.7 Å². The fourth-order valence-corrected chi connectivity index (χ4v) is 3.59. The highest BCUT2D eigenvalue weighted by Crippen LogP contribution is 2.40. The summed E-state index contributed by atoms with van der Waals surface area (Å²) in [6, 6.07) is 10.8. The number of esters is 1. The van der Waals surface area contributed by atoms with Crippen LogP contribution in [-0.2, 0) is 16.0 Å². The van der Waals surface area contributed by atoms with Crippen LogP contribution in [0.2, 0.25) is 0 Å². The molecular formula is C22H25NO5. The van der Waals surface area contributed by atoms with Crippen LogP contribution in [0.25, 0.3) is 0 Å². The Bertz CT molecular complexity index is 875. The van der Waals surface area contributed by atoms with E-state index in [4.69, 9.17) is 14.2 Å². The second-order valence-corrected chi connectivity index (χ2v) is 6.82. The number of nitrogens with zero attached hydrogens (tertiary/aromatic N) is 1. The average Bonchev–Trinajstić information content (AvgIpc) is 2.72. The smallest absolute Gasteiger partial charge is 0.307 e. The van der Waals surface area contributed by atoms with Crippen molar-refractivity contribution in [2.75, 3.05) is 27.9 Å². The molecule has 0 saturated carbocycles. The molecule has 0 aliphatic carbocycles. The molecule has 6 nitrogen and oxygen atoms in total. The molecule has 1 atom stereocenters. The molecule has 1 heterocycles. The Morgan fingerprint density at radius 3 is 2.29 bits per heavy atom. The van der Waals surface area contributed by atoms with Gasteiger partial charge in [0.2, 0.25) is 0 Å². The minimum absolute atomic E-state index is 0.0799. The van der Waals surface area contributed by atoms with Crippen molar-refractivity contribution in [1.29, 1.82) is 0 Å². The van der Waals surface area contributed by atoms with E-state index in [1.807, 2.05) is 43.3 Å². The molecule has 0 N–H and O–H groups in total. The third-order valence-corrected chi connectivity index (χ3v) is 5.15. The van der Waals surface area contributed by atoms with E-state index in [-0.39, 0.29) is 18.3 Å². The zero-order chi connectivity index (χ0) is 20.3. The number of benzene rings is 2. The van der Waals surface area contributed by atoms with Gasteiger partial charge in [-0.1, -0.05) is 17.7 Å². The van der Waals surface area contributed by atoms with Crippen molar-refractivity contribution in [3.05, 3.63) is 58.7 Å². The van der Waals surface area contributed by atoms with Gasteiger partial charge in [-0.25, -0.2) is 0 Å². The molecule has 2 aromatic carbocycles. The van der Waals surface area contributed by atoms with Gasteiger partial charge in [0.05, 0.1) is 33.8 Å². The SMILES string of the molecule is COC(=O)C[C@@H]1c2cc(OC)c(OC)cc2CCN1C(=O)c1ccc(C)cc1. The molecule has 0 saturated heterocycles. The standard InChI is InChI=1S/C22H25NO5/c1-14-5-7-15(8-6-14)22(25)23-10-9-16-11-19(26-2)20(27-3)12-17(16)18(23)13-21(24)28-4/h5-8,11-12,18H,9-10,13H2,1-4H3/t18-/m1/s1. The molecule has 3 rings (SSSR count). The maximum Gasteiger partial charge on any atom is 0.307 e. The molecule has 148 valence electrons. The summed E-state index contributed by atoms with van der Waals surface area (Å²) in [7, 11) is 4.51. The number of amides is 1. The van der Waals surface area contributed by atoms with Gasteiger partial charge in [-0.15, -0.1) is 0 Å². The van der Waals surface area contributed by atoms with E-state index in [0.29, 0.717) is 30.0 Å². The van der Waals surface area contributed by atoms with Crippen molar-refractivity contribution < 1.29 is 23.8 Å². The first-order valence-electron chi connectivity index (χ1n) is 9.17. The molecule has 0 unspecified atom stereocenters. The summed E-state index contributed by atoms with van der Waals surface area (Å²) < 4.78 is 15.7. The average molecular weight is 383 g/mol. The summed E-state index contributed by atoms with van der Waals surface area (Å²) in [5.74, 6) is 0.737. The lowest BCUT2D eigenvalue weighted by Gasteiger charge is -2.37. The van der Waals surface area contributed by atoms with Crippen molar-refractivity contribution in [3.63, 3.8) is 0 Å². The molecule has 0 radical (unpaired) electrons. The molecule has 2 aromatic rings. The summed E-state index contributed by atoms with van der Waals surface area (Å²) in [6.07, 6.45) is 0.752. The Hall–Kier alpha value is -3.02. The van der Waals surface area contributed by atoms with Crippen LogP contribution < -0.4 is 9.47 Å². The van der Waals surface area contributed by atoms with E-state index < -0.39 is 6.04 Å². The van der Waals surface area contributed by atoms with Crippen LogP contribution >= 0.6 is 0 Å². The Balaban J connectivity index is 2.03. The summed E-state index contributed by atoms with van der Waals surface area (Å²) >= 11 is 0. The predicted octanol–water partition coefficient (Wildman–Crippen LogP) is 3.31. The lowest BCUT2D eigenvalue weighted by molar-refractivity contribution is -0.141. The van der Waals surface area contributed by atoms with Crippen LogP contribution in [0.3, 0.4) is 0 Å². The van der Waals surface area contributed by atoms with E-state index in [1.54, 1.807) is 19.1 Å². The first-order chi connectivity index (χ1) is 13.5. The number of carbonyl (C=O) groups is 2. The fraction of sp³-hybridized carbons (Fsp3) is 0.364. The van der Waals surface area contributed by atoms with Crippen LogP contribution in [0.5, 0.6) is 11.5 Å². The van der Waals surface area contributed by atoms with Crippen LogP contribution in [0.1, 0.15) is 39.5 Å². The number of ether oxygens (including phenoxy) is 3. The number of carbonyl (C=O) groups excluding carboxylic acids is 2. The van der Waals surface area contributed by atoms with E-state index >= 15 is 0 Å². The Morgan fingerprint density at radius 2 is 1.68 bits per heavy atom. The largest absolute Gasteiger partial charge is 0.493 e. The van der Waals surface area contributed by atoms with Gasteiger partial charge < -0.3 is 19.1 Å². The van der Waals surface area contributed by atoms with E-state index in [9.17, 15) is 9.59 Å². The van der Waals surface area contributed by atoms with Gasteiger partial charge in [-0.3, -0.25) is 9.59 Å². The molecule has 0 spiro atoms. The van der Waals surface area contributed by atoms with E-state index in [2.05, 4.69) is 0 Å². The third-order valence-electron chi connectivity index (χ3n) is 5.15. The zero-order valence-electron chi connectivity index (χ0n) is 16.7. The second kappa shape index (κ2) is 8.33. The third kappa shape index (κ3) is 3.81. The Labute approximate surface area is 165 Å². The van der Waals surface area contributed by atoms with Crippen LogP contribution in [0, 0.1) is 6.92 Å². The summed E-state index contributed by atoms with van der Waals surface area (Å²) in [6.45, 7) is 2.49. The van der Waals surface area contributed by atoms with E-state index in [0.717, 1.165) is 16.7 Å². The normalized spacial score (nSPS) is 15.6. The van der Waals surface area contributed by atoms with Crippen molar-refractivity contribution in [2.24, 2.45) is 0 Å². The number of rotatable bonds is 5. The summed E-state index contributed by atoms with van der Waals surface area (Å²) in [5.41, 5.74) is 3.61. The maximum absolute atomic E-state index is 13.2. The monoisotopic (exact) mass is 383 g/mol. The highest BCUT2D eigenvalue weighted by atomic mass is 16.5. The molecule has 28 heavy (non-hydrogen) atoms. The van der Waals surface area contributed by atoms with Crippen molar-refractivity contribution >= 4 is 11.9 Å². The molecule has 1 aliphatic rings. The van der Waals surface area contributed by atoms with Crippen LogP contribution in [-0.4, -0.2) is 44.7 Å². The highest BCUT2D eigenvalue weighted by Gasteiger charge is 2.34. The number of hydrogen-bond donors (Lipinski definition) is 0. The van der Waals surface area contributed by atoms with Gasteiger partial charge in [0.25, 0.3) is 5.91 Å². The summed E-state index contributed by atoms with van der Waals surface area (Å²) in [5, 5.41) is 0. The number of fused-ring (bicyclic) bond motifs is 1. The predicted molar refractivity (Wildman–Crippen MR) is 105 cm³/mol. The Kier molecular flexibility index (Phi) is 5.87. The Morgan fingerprint density at radius 1 is 1.04 bits per heavy atom. The highest BCUT2D eigenvalue weighted by molar-refractivity contribution is 5.95. The second-order valence-electron chi connectivity index (χ2n) is 6.82. The quantitative estimate of drug-likeness (QED) is 0.741. The molecule has 0 bridgehead atoms. The van der Waals surface area contributed by atoms with Gasteiger partial charge in [0.1, 0.15) is 0 Å².